The lowest BCUT2D eigenvalue weighted by atomic mass is 10.4. The molecule has 0 saturated heterocycles. The summed E-state index contributed by atoms with van der Waals surface area (Å²) in [4.78, 5) is 18.5. The second-order valence-electron chi connectivity index (χ2n) is 4.32. The zero-order valence-electron chi connectivity index (χ0n) is 10.7. The number of hydrogen-bond donors (Lipinski definition) is 0. The van der Waals surface area contributed by atoms with E-state index in [0.29, 0.717) is 5.75 Å². The molecule has 0 fully saturated rings. The van der Waals surface area contributed by atoms with Crippen LogP contribution in [0.25, 0.3) is 4.96 Å². The minimum atomic E-state index is 0.000145. The van der Waals surface area contributed by atoms with E-state index in [2.05, 4.69) is 33.0 Å². The van der Waals surface area contributed by atoms with E-state index in [1.165, 1.54) is 11.3 Å². The topological polar surface area (TPSA) is 34.4 Å². The van der Waals surface area contributed by atoms with Gasteiger partial charge in [0, 0.05) is 32.3 Å². The summed E-state index contributed by atoms with van der Waals surface area (Å²) < 4.78 is 2.71. The highest BCUT2D eigenvalue weighted by Gasteiger charge is 2.06. The van der Waals surface area contributed by atoms with E-state index in [9.17, 15) is 4.79 Å². The molecular weight excluding hydrogens is 356 g/mol. The van der Waals surface area contributed by atoms with Gasteiger partial charge in [-0.05, 0) is 31.2 Å². The third-order valence-electron chi connectivity index (χ3n) is 2.83. The van der Waals surface area contributed by atoms with Crippen LogP contribution in [0.3, 0.4) is 0 Å². The van der Waals surface area contributed by atoms with Crippen molar-refractivity contribution in [3.63, 3.8) is 0 Å². The molecule has 0 saturated carbocycles. The Morgan fingerprint density at radius 3 is 2.85 bits per heavy atom. The van der Waals surface area contributed by atoms with E-state index in [-0.39, 0.29) is 5.56 Å². The molecular formula is C14H11BrN2OS2. The Morgan fingerprint density at radius 1 is 1.35 bits per heavy atom. The first-order valence-corrected chi connectivity index (χ1v) is 8.64. The standard InChI is InChI=1S/C14H11BrN2OS2/c1-9-7-20-14-16-11(6-13(18)17(9)14)8-19-12-4-2-10(15)3-5-12/h2-7H,8H2,1H3. The second-order valence-corrected chi connectivity index (χ2v) is 7.12. The maximum atomic E-state index is 12.1. The molecule has 20 heavy (non-hydrogen) atoms. The van der Waals surface area contributed by atoms with Crippen molar-refractivity contribution in [1.82, 2.24) is 9.38 Å². The number of nitrogens with zero attached hydrogens (tertiary/aromatic N) is 2. The van der Waals surface area contributed by atoms with Crippen LogP contribution in [0.2, 0.25) is 0 Å². The van der Waals surface area contributed by atoms with Gasteiger partial charge in [-0.2, -0.15) is 0 Å². The van der Waals surface area contributed by atoms with Crippen molar-refractivity contribution >= 4 is 44.0 Å². The lowest BCUT2D eigenvalue weighted by Crippen LogP contribution is -2.14. The van der Waals surface area contributed by atoms with E-state index in [0.717, 1.165) is 25.7 Å². The van der Waals surface area contributed by atoms with Crippen LogP contribution in [0.5, 0.6) is 0 Å². The minimum Gasteiger partial charge on any atom is -0.269 e. The molecule has 0 atom stereocenters. The normalized spacial score (nSPS) is 11.1. The summed E-state index contributed by atoms with van der Waals surface area (Å²) >= 11 is 6.60. The van der Waals surface area contributed by atoms with Gasteiger partial charge < -0.3 is 0 Å². The Hall–Kier alpha value is -1.11. The molecule has 0 aliphatic heterocycles. The minimum absolute atomic E-state index is 0.000145. The average molecular weight is 367 g/mol. The van der Waals surface area contributed by atoms with Gasteiger partial charge in [0.1, 0.15) is 0 Å². The molecule has 0 amide bonds. The molecule has 1 aromatic carbocycles. The summed E-state index contributed by atoms with van der Waals surface area (Å²) in [5.74, 6) is 0.699. The Kier molecular flexibility index (Phi) is 3.96. The van der Waals surface area contributed by atoms with Crippen LogP contribution in [-0.4, -0.2) is 9.38 Å². The Morgan fingerprint density at radius 2 is 2.10 bits per heavy atom. The Balaban J connectivity index is 1.84. The Labute approximate surface area is 132 Å². The number of hydrogen-bond acceptors (Lipinski definition) is 4. The molecule has 3 nitrogen and oxygen atoms in total. The van der Waals surface area contributed by atoms with Crippen molar-refractivity contribution in [2.75, 3.05) is 0 Å². The van der Waals surface area contributed by atoms with Crippen LogP contribution in [0.4, 0.5) is 0 Å². The third kappa shape index (κ3) is 2.82. The summed E-state index contributed by atoms with van der Waals surface area (Å²) in [5, 5.41) is 1.95. The Bertz CT molecular complexity index is 808. The summed E-state index contributed by atoms with van der Waals surface area (Å²) in [5.41, 5.74) is 1.76. The first-order chi connectivity index (χ1) is 9.63. The number of benzene rings is 1. The van der Waals surface area contributed by atoms with Crippen LogP contribution in [0.1, 0.15) is 11.4 Å². The predicted molar refractivity (Wildman–Crippen MR) is 87.8 cm³/mol. The summed E-state index contributed by atoms with van der Waals surface area (Å²) in [7, 11) is 0. The molecule has 0 spiro atoms. The SMILES string of the molecule is Cc1csc2nc(CSc3ccc(Br)cc3)cc(=O)n12. The molecule has 6 heteroatoms. The van der Waals surface area contributed by atoms with E-state index < -0.39 is 0 Å². The summed E-state index contributed by atoms with van der Waals surface area (Å²) in [6, 6.07) is 9.75. The highest BCUT2D eigenvalue weighted by Crippen LogP contribution is 2.24. The fraction of sp³-hybridized carbons (Fsp3) is 0.143. The van der Waals surface area contributed by atoms with E-state index in [4.69, 9.17) is 0 Å². The van der Waals surface area contributed by atoms with Crippen molar-refractivity contribution < 1.29 is 0 Å². The largest absolute Gasteiger partial charge is 0.269 e. The lowest BCUT2D eigenvalue weighted by Gasteiger charge is -2.02. The first-order valence-electron chi connectivity index (χ1n) is 5.98. The van der Waals surface area contributed by atoms with Gasteiger partial charge in [-0.1, -0.05) is 15.9 Å². The fourth-order valence-corrected chi connectivity index (χ4v) is 3.81. The zero-order valence-corrected chi connectivity index (χ0v) is 13.9. The fourth-order valence-electron chi connectivity index (χ4n) is 1.86. The van der Waals surface area contributed by atoms with Crippen molar-refractivity contribution in [1.29, 1.82) is 0 Å². The van der Waals surface area contributed by atoms with Gasteiger partial charge in [-0.25, -0.2) is 4.98 Å². The lowest BCUT2D eigenvalue weighted by molar-refractivity contribution is 0.997. The van der Waals surface area contributed by atoms with Crippen molar-refractivity contribution in [3.05, 3.63) is 61.9 Å². The predicted octanol–water partition coefficient (Wildman–Crippen LogP) is 4.12. The number of halogens is 1. The quantitative estimate of drug-likeness (QED) is 0.653. The molecule has 2 heterocycles. The van der Waals surface area contributed by atoms with Crippen molar-refractivity contribution in [2.45, 2.75) is 17.6 Å². The first kappa shape index (κ1) is 13.9. The maximum absolute atomic E-state index is 12.1. The summed E-state index contributed by atoms with van der Waals surface area (Å²) in [6.07, 6.45) is 0. The highest BCUT2D eigenvalue weighted by molar-refractivity contribution is 9.10. The van der Waals surface area contributed by atoms with Gasteiger partial charge in [-0.15, -0.1) is 23.1 Å². The van der Waals surface area contributed by atoms with Gasteiger partial charge >= 0.3 is 0 Å². The van der Waals surface area contributed by atoms with Crippen LogP contribution >= 0.6 is 39.0 Å². The van der Waals surface area contributed by atoms with Gasteiger partial charge in [0.15, 0.2) is 4.96 Å². The van der Waals surface area contributed by atoms with Gasteiger partial charge in [-0.3, -0.25) is 9.20 Å². The number of aromatic nitrogens is 2. The number of fused-ring (bicyclic) bond motifs is 1. The number of thiazole rings is 1. The molecule has 0 radical (unpaired) electrons. The van der Waals surface area contributed by atoms with Crippen LogP contribution in [0, 0.1) is 6.92 Å². The average Bonchev–Trinajstić information content (AvgIpc) is 2.80. The highest BCUT2D eigenvalue weighted by atomic mass is 79.9. The van der Waals surface area contributed by atoms with Gasteiger partial charge in [0.25, 0.3) is 5.56 Å². The van der Waals surface area contributed by atoms with Crippen molar-refractivity contribution in [3.8, 4) is 0 Å². The summed E-state index contributed by atoms with van der Waals surface area (Å²) in [6.45, 7) is 1.92. The van der Waals surface area contributed by atoms with Gasteiger partial charge in [0.2, 0.25) is 0 Å². The molecule has 3 rings (SSSR count). The second kappa shape index (κ2) is 5.71. The molecule has 3 aromatic rings. The third-order valence-corrected chi connectivity index (χ3v) is 5.35. The maximum Gasteiger partial charge on any atom is 0.258 e. The molecule has 0 unspecified atom stereocenters. The molecule has 2 aromatic heterocycles. The van der Waals surface area contributed by atoms with E-state index in [1.54, 1.807) is 22.2 Å². The molecule has 0 N–H and O–H groups in total. The smallest absolute Gasteiger partial charge is 0.258 e. The number of aryl methyl sites for hydroxylation is 1. The van der Waals surface area contributed by atoms with Crippen LogP contribution < -0.4 is 5.56 Å². The molecule has 0 bridgehead atoms. The number of thioether (sulfide) groups is 1. The van der Waals surface area contributed by atoms with Crippen LogP contribution in [-0.2, 0) is 5.75 Å². The molecule has 0 aliphatic carbocycles. The van der Waals surface area contributed by atoms with Crippen LogP contribution in [0.15, 0.2) is 49.9 Å². The van der Waals surface area contributed by atoms with Gasteiger partial charge in [0.05, 0.1) is 5.69 Å². The van der Waals surface area contributed by atoms with E-state index in [1.807, 2.05) is 24.4 Å². The number of rotatable bonds is 3. The van der Waals surface area contributed by atoms with E-state index >= 15 is 0 Å². The zero-order chi connectivity index (χ0) is 14.1. The molecule has 0 aliphatic rings. The monoisotopic (exact) mass is 366 g/mol. The van der Waals surface area contributed by atoms with Crippen molar-refractivity contribution in [2.24, 2.45) is 0 Å². The molecule has 102 valence electrons.